The van der Waals surface area contributed by atoms with Gasteiger partial charge in [0, 0.05) is 29.9 Å². The molecule has 0 radical (unpaired) electrons. The first-order valence-electron chi connectivity index (χ1n) is 10.3. The van der Waals surface area contributed by atoms with Crippen molar-refractivity contribution in [1.29, 1.82) is 0 Å². The lowest BCUT2D eigenvalue weighted by atomic mass is 9.68. The number of hydrogen-bond acceptors (Lipinski definition) is 3. The maximum absolute atomic E-state index is 13.8. The molecule has 1 aliphatic carbocycles. The Hall–Kier alpha value is -1.94. The number of benzene rings is 2. The lowest BCUT2D eigenvalue weighted by molar-refractivity contribution is 0.139. The molecule has 2 fully saturated rings. The third-order valence-electron chi connectivity index (χ3n) is 5.90. The van der Waals surface area contributed by atoms with Crippen LogP contribution in [0, 0.1) is 18.2 Å². The van der Waals surface area contributed by atoms with E-state index in [2.05, 4.69) is 22.3 Å². The van der Waals surface area contributed by atoms with E-state index >= 15 is 0 Å². The van der Waals surface area contributed by atoms with Crippen LogP contribution in [-0.4, -0.2) is 13.1 Å². The van der Waals surface area contributed by atoms with Crippen LogP contribution < -0.4 is 16.0 Å². The third-order valence-corrected chi connectivity index (χ3v) is 6.27. The van der Waals surface area contributed by atoms with Gasteiger partial charge in [0.2, 0.25) is 0 Å². The summed E-state index contributed by atoms with van der Waals surface area (Å²) in [4.78, 5) is 2.46. The van der Waals surface area contributed by atoms with Crippen LogP contribution in [0.25, 0.3) is 0 Å². The molecule has 2 aliphatic rings. The lowest BCUT2D eigenvalue weighted by Crippen LogP contribution is -2.57. The number of nitrogens with two attached hydrogens (primary N) is 1. The van der Waals surface area contributed by atoms with E-state index in [1.165, 1.54) is 50.9 Å². The van der Waals surface area contributed by atoms with E-state index in [9.17, 15) is 4.39 Å². The largest absolute Gasteiger partial charge is 0.396 e. The number of aryl methyl sites for hydroxylation is 1. The summed E-state index contributed by atoms with van der Waals surface area (Å²) in [5.41, 5.74) is 10.0. The first-order chi connectivity index (χ1) is 13.5. The maximum atomic E-state index is 13.8. The third kappa shape index (κ3) is 4.07. The minimum atomic E-state index is -0.459. The monoisotopic (exact) mass is 403 g/mol. The zero-order chi connectivity index (χ0) is 20.3. The topological polar surface area (TPSA) is 41.3 Å². The normalized spacial score (nSPS) is 17.5. The average molecular weight is 404 g/mol. The second-order valence-corrected chi connectivity index (χ2v) is 8.25. The number of nitrogens with one attached hydrogen (secondary N) is 1. The van der Waals surface area contributed by atoms with E-state index in [0.717, 1.165) is 5.69 Å². The lowest BCUT2D eigenvalue weighted by Gasteiger charge is -2.53. The molecule has 0 bridgehead atoms. The molecular formula is C23H31ClFN3. The van der Waals surface area contributed by atoms with Crippen molar-refractivity contribution in [1.82, 2.24) is 0 Å². The molecule has 2 aromatic rings. The highest BCUT2D eigenvalue weighted by atomic mass is 35.5. The Bertz CT molecular complexity index is 806. The van der Waals surface area contributed by atoms with Crippen LogP contribution >= 0.6 is 11.6 Å². The molecule has 0 unspecified atom stereocenters. The number of nitrogens with zero attached hydrogens (tertiary/aromatic N) is 1. The highest BCUT2D eigenvalue weighted by molar-refractivity contribution is 6.34. The van der Waals surface area contributed by atoms with E-state index in [1.807, 2.05) is 26.0 Å². The van der Waals surface area contributed by atoms with Crippen LogP contribution in [0.15, 0.2) is 30.3 Å². The number of halogens is 2. The van der Waals surface area contributed by atoms with Gasteiger partial charge in [-0.05, 0) is 55.7 Å². The van der Waals surface area contributed by atoms with Crippen molar-refractivity contribution in [3.05, 3.63) is 46.7 Å². The molecule has 1 saturated heterocycles. The summed E-state index contributed by atoms with van der Waals surface area (Å²) in [5, 5.41) is 3.22. The van der Waals surface area contributed by atoms with Gasteiger partial charge in [-0.15, -0.1) is 0 Å². The van der Waals surface area contributed by atoms with Gasteiger partial charge in [-0.3, -0.25) is 0 Å². The fraction of sp³-hybridized carbons (Fsp3) is 0.478. The van der Waals surface area contributed by atoms with Gasteiger partial charge >= 0.3 is 0 Å². The predicted molar refractivity (Wildman–Crippen MR) is 119 cm³/mol. The van der Waals surface area contributed by atoms with Crippen molar-refractivity contribution in [2.45, 2.75) is 52.9 Å². The Labute approximate surface area is 173 Å². The van der Waals surface area contributed by atoms with Crippen LogP contribution in [0.1, 0.15) is 51.5 Å². The van der Waals surface area contributed by atoms with E-state index < -0.39 is 5.82 Å². The van der Waals surface area contributed by atoms with Gasteiger partial charge in [0.1, 0.15) is 10.8 Å². The van der Waals surface area contributed by atoms with Crippen LogP contribution in [0.4, 0.5) is 27.1 Å². The van der Waals surface area contributed by atoms with Crippen LogP contribution in [0.2, 0.25) is 5.02 Å². The zero-order valence-corrected chi connectivity index (χ0v) is 17.9. The van der Waals surface area contributed by atoms with Gasteiger partial charge in [-0.25, -0.2) is 4.39 Å². The molecule has 3 N–H and O–H groups in total. The van der Waals surface area contributed by atoms with Crippen molar-refractivity contribution in [3.63, 3.8) is 0 Å². The summed E-state index contributed by atoms with van der Waals surface area (Å²) in [5.74, 6) is -0.459. The molecule has 152 valence electrons. The molecule has 1 spiro atoms. The van der Waals surface area contributed by atoms with Crippen LogP contribution in [0.3, 0.4) is 0 Å². The number of hydrogen-bond donors (Lipinski definition) is 2. The Morgan fingerprint density at radius 3 is 2.29 bits per heavy atom. The van der Waals surface area contributed by atoms with Gasteiger partial charge in [0.05, 0.1) is 11.4 Å². The van der Waals surface area contributed by atoms with Crippen molar-refractivity contribution in [3.8, 4) is 0 Å². The standard InChI is InChI=1S/C21H25ClFN3.C2H6/c1-14-11-17(20(24)18(22)19(14)23)25-15-5-7-16(8-6-15)26-12-21(13-26)9-3-2-4-10-21;1-2/h5-8,11,25H,2-4,9-10,12-13,24H2,1H3;1-2H3. The van der Waals surface area contributed by atoms with Gasteiger partial charge in [-0.2, -0.15) is 0 Å². The second kappa shape index (κ2) is 8.60. The fourth-order valence-corrected chi connectivity index (χ4v) is 4.60. The summed E-state index contributed by atoms with van der Waals surface area (Å²) in [6.07, 6.45) is 6.94. The molecule has 1 aliphatic heterocycles. The maximum Gasteiger partial charge on any atom is 0.146 e. The van der Waals surface area contributed by atoms with Crippen molar-refractivity contribution >= 4 is 34.4 Å². The molecule has 4 rings (SSSR count). The Kier molecular flexibility index (Phi) is 6.39. The summed E-state index contributed by atoms with van der Waals surface area (Å²) < 4.78 is 13.8. The summed E-state index contributed by atoms with van der Waals surface area (Å²) >= 11 is 5.97. The van der Waals surface area contributed by atoms with E-state index in [0.29, 0.717) is 16.7 Å². The van der Waals surface area contributed by atoms with E-state index in [4.69, 9.17) is 17.3 Å². The van der Waals surface area contributed by atoms with Crippen molar-refractivity contribution in [2.24, 2.45) is 5.41 Å². The molecule has 0 atom stereocenters. The summed E-state index contributed by atoms with van der Waals surface area (Å²) in [6.45, 7) is 8.04. The number of rotatable bonds is 3. The van der Waals surface area contributed by atoms with E-state index in [-0.39, 0.29) is 10.7 Å². The first-order valence-corrected chi connectivity index (χ1v) is 10.7. The minimum absolute atomic E-state index is 0.0255. The molecule has 2 aromatic carbocycles. The fourth-order valence-electron chi connectivity index (χ4n) is 4.35. The second-order valence-electron chi connectivity index (χ2n) is 7.87. The van der Waals surface area contributed by atoms with Crippen LogP contribution in [-0.2, 0) is 0 Å². The quantitative estimate of drug-likeness (QED) is 0.547. The smallest absolute Gasteiger partial charge is 0.146 e. The van der Waals surface area contributed by atoms with Crippen LogP contribution in [0.5, 0.6) is 0 Å². The molecule has 28 heavy (non-hydrogen) atoms. The minimum Gasteiger partial charge on any atom is -0.396 e. The first kappa shape index (κ1) is 20.8. The number of nitrogen functional groups attached to an aromatic ring is 1. The van der Waals surface area contributed by atoms with Crippen molar-refractivity contribution < 1.29 is 4.39 Å². The Balaban J connectivity index is 0.00000109. The zero-order valence-electron chi connectivity index (χ0n) is 17.1. The van der Waals surface area contributed by atoms with Crippen molar-refractivity contribution in [2.75, 3.05) is 29.0 Å². The molecule has 1 saturated carbocycles. The Morgan fingerprint density at radius 2 is 1.68 bits per heavy atom. The molecular weight excluding hydrogens is 373 g/mol. The predicted octanol–water partition coefficient (Wildman–Crippen LogP) is 6.91. The number of anilines is 4. The molecule has 3 nitrogen and oxygen atoms in total. The SMILES string of the molecule is CC.Cc1cc(Nc2ccc(N3CC4(CCCCC4)C3)cc2)c(N)c(Cl)c1F. The van der Waals surface area contributed by atoms with Gasteiger partial charge in [0.15, 0.2) is 0 Å². The molecule has 0 amide bonds. The molecule has 5 heteroatoms. The molecule has 0 aromatic heterocycles. The van der Waals surface area contributed by atoms with E-state index in [1.54, 1.807) is 13.0 Å². The van der Waals surface area contributed by atoms with Gasteiger partial charge < -0.3 is 16.0 Å². The average Bonchev–Trinajstić information content (AvgIpc) is 2.71. The highest BCUT2D eigenvalue weighted by Gasteiger charge is 2.43. The molecule has 1 heterocycles. The summed E-state index contributed by atoms with van der Waals surface area (Å²) in [6, 6.07) is 10.0. The Morgan fingerprint density at radius 1 is 1.07 bits per heavy atom. The highest BCUT2D eigenvalue weighted by Crippen LogP contribution is 2.45. The van der Waals surface area contributed by atoms with Gasteiger partial charge in [-0.1, -0.05) is 44.7 Å². The summed E-state index contributed by atoms with van der Waals surface area (Å²) in [7, 11) is 0. The van der Waals surface area contributed by atoms with Gasteiger partial charge in [0.25, 0.3) is 0 Å².